The number of para-hydroxylation sites is 1. The van der Waals surface area contributed by atoms with Gasteiger partial charge < -0.3 is 4.57 Å². The monoisotopic (exact) mass is 365 g/mol. The molecule has 7 heteroatoms. The van der Waals surface area contributed by atoms with Crippen molar-refractivity contribution in [2.75, 3.05) is 5.32 Å². The molecule has 0 unspecified atom stereocenters. The Bertz CT molecular complexity index is 1110. The van der Waals surface area contributed by atoms with E-state index >= 15 is 0 Å². The van der Waals surface area contributed by atoms with Crippen LogP contribution in [-0.4, -0.2) is 25.2 Å². The van der Waals surface area contributed by atoms with Gasteiger partial charge in [0.1, 0.15) is 11.4 Å². The van der Waals surface area contributed by atoms with Gasteiger partial charge in [-0.15, -0.1) is 0 Å². The molecule has 0 aliphatic heterocycles. The van der Waals surface area contributed by atoms with Crippen LogP contribution in [0.5, 0.6) is 0 Å². The van der Waals surface area contributed by atoms with Gasteiger partial charge in [0.15, 0.2) is 5.13 Å². The predicted octanol–water partition coefficient (Wildman–Crippen LogP) is 4.00. The van der Waals surface area contributed by atoms with Crippen LogP contribution in [0.2, 0.25) is 0 Å². The van der Waals surface area contributed by atoms with Gasteiger partial charge in [0.25, 0.3) is 5.91 Å². The maximum Gasteiger partial charge on any atom is 0.262 e. The van der Waals surface area contributed by atoms with E-state index < -0.39 is 0 Å². The summed E-state index contributed by atoms with van der Waals surface area (Å²) in [5, 5.41) is 7.82. The number of carbonyl (C=O) groups is 1. The van der Waals surface area contributed by atoms with Crippen molar-refractivity contribution >= 4 is 32.6 Å². The lowest BCUT2D eigenvalue weighted by Crippen LogP contribution is -2.16. The van der Waals surface area contributed by atoms with Crippen molar-refractivity contribution in [1.29, 1.82) is 0 Å². The second-order valence-electron chi connectivity index (χ2n) is 6.35. The summed E-state index contributed by atoms with van der Waals surface area (Å²) in [6.45, 7) is 6.04. The molecule has 1 amide bonds. The van der Waals surface area contributed by atoms with E-state index in [4.69, 9.17) is 0 Å². The smallest absolute Gasteiger partial charge is 0.262 e. The maximum absolute atomic E-state index is 12.9. The SMILES string of the molecule is Cc1cccc2sc(NC(=O)c3cnn(C)c3-n3c(C)ccc3C)nc12. The first-order valence-corrected chi connectivity index (χ1v) is 9.12. The highest BCUT2D eigenvalue weighted by atomic mass is 32.1. The number of hydrogen-bond acceptors (Lipinski definition) is 4. The maximum atomic E-state index is 12.9. The molecule has 0 bridgehead atoms. The van der Waals surface area contributed by atoms with Gasteiger partial charge in [-0.05, 0) is 44.5 Å². The number of benzene rings is 1. The van der Waals surface area contributed by atoms with Crippen molar-refractivity contribution < 1.29 is 4.79 Å². The number of nitrogens with zero attached hydrogens (tertiary/aromatic N) is 4. The van der Waals surface area contributed by atoms with Crippen molar-refractivity contribution in [3.63, 3.8) is 0 Å². The number of rotatable bonds is 3. The standard InChI is InChI=1S/C19H19N5OS/c1-11-6-5-7-15-16(11)21-19(26-15)22-17(25)14-10-20-23(4)18(14)24-12(2)8-9-13(24)3/h5-10H,1-4H3,(H,21,22,25). The molecule has 1 N–H and O–H groups in total. The van der Waals surface area contributed by atoms with Gasteiger partial charge in [0, 0.05) is 18.4 Å². The van der Waals surface area contributed by atoms with E-state index in [-0.39, 0.29) is 5.91 Å². The molecule has 4 rings (SSSR count). The summed E-state index contributed by atoms with van der Waals surface area (Å²) in [5.41, 5.74) is 4.65. The molecule has 6 nitrogen and oxygen atoms in total. The van der Waals surface area contributed by atoms with E-state index in [1.54, 1.807) is 10.9 Å². The summed E-state index contributed by atoms with van der Waals surface area (Å²) >= 11 is 1.47. The molecule has 0 radical (unpaired) electrons. The largest absolute Gasteiger partial charge is 0.303 e. The molecule has 0 saturated heterocycles. The second-order valence-corrected chi connectivity index (χ2v) is 7.38. The Morgan fingerprint density at radius 3 is 2.54 bits per heavy atom. The van der Waals surface area contributed by atoms with E-state index in [0.29, 0.717) is 10.7 Å². The van der Waals surface area contributed by atoms with E-state index in [1.165, 1.54) is 11.3 Å². The van der Waals surface area contributed by atoms with E-state index in [1.807, 2.05) is 62.7 Å². The third kappa shape index (κ3) is 2.61. The quantitative estimate of drug-likeness (QED) is 0.597. The number of nitrogens with one attached hydrogen (secondary N) is 1. The number of aryl methyl sites for hydroxylation is 4. The topological polar surface area (TPSA) is 64.7 Å². The highest BCUT2D eigenvalue weighted by Crippen LogP contribution is 2.29. The first-order valence-electron chi connectivity index (χ1n) is 8.30. The number of thiazole rings is 1. The predicted molar refractivity (Wildman–Crippen MR) is 104 cm³/mol. The van der Waals surface area contributed by atoms with Gasteiger partial charge in [-0.3, -0.25) is 14.8 Å². The molecule has 0 aliphatic rings. The van der Waals surface area contributed by atoms with Crippen LogP contribution in [0.4, 0.5) is 5.13 Å². The molecule has 0 saturated carbocycles. The van der Waals surface area contributed by atoms with Crippen LogP contribution in [-0.2, 0) is 7.05 Å². The third-order valence-electron chi connectivity index (χ3n) is 4.48. The summed E-state index contributed by atoms with van der Waals surface area (Å²) in [6, 6.07) is 10.1. The highest BCUT2D eigenvalue weighted by Gasteiger charge is 2.21. The summed E-state index contributed by atoms with van der Waals surface area (Å²) < 4.78 is 4.81. The van der Waals surface area contributed by atoms with Gasteiger partial charge in [-0.25, -0.2) is 4.98 Å². The molecule has 26 heavy (non-hydrogen) atoms. The number of fused-ring (bicyclic) bond motifs is 1. The minimum absolute atomic E-state index is 0.211. The Labute approximate surface area is 155 Å². The normalized spacial score (nSPS) is 11.2. The number of amides is 1. The summed E-state index contributed by atoms with van der Waals surface area (Å²) in [5.74, 6) is 0.539. The van der Waals surface area contributed by atoms with Crippen molar-refractivity contribution in [2.45, 2.75) is 20.8 Å². The van der Waals surface area contributed by atoms with Crippen LogP contribution in [0.15, 0.2) is 36.5 Å². The van der Waals surface area contributed by atoms with Gasteiger partial charge in [-0.2, -0.15) is 5.10 Å². The van der Waals surface area contributed by atoms with Crippen LogP contribution in [0.25, 0.3) is 16.0 Å². The van der Waals surface area contributed by atoms with Gasteiger partial charge >= 0.3 is 0 Å². The van der Waals surface area contributed by atoms with E-state index in [0.717, 1.165) is 33.0 Å². The summed E-state index contributed by atoms with van der Waals surface area (Å²) in [6.07, 6.45) is 1.60. The Hall–Kier alpha value is -2.93. The van der Waals surface area contributed by atoms with Crippen LogP contribution >= 0.6 is 11.3 Å². The van der Waals surface area contributed by atoms with Crippen molar-refractivity contribution in [1.82, 2.24) is 19.3 Å². The molecule has 0 fully saturated rings. The summed E-state index contributed by atoms with van der Waals surface area (Å²) in [7, 11) is 1.84. The molecule has 3 heterocycles. The number of hydrogen-bond donors (Lipinski definition) is 1. The summed E-state index contributed by atoms with van der Waals surface area (Å²) in [4.78, 5) is 17.5. The molecule has 3 aromatic heterocycles. The lowest BCUT2D eigenvalue weighted by molar-refractivity contribution is 0.102. The van der Waals surface area contributed by atoms with Crippen LogP contribution < -0.4 is 5.32 Å². The molecule has 0 spiro atoms. The minimum Gasteiger partial charge on any atom is -0.303 e. The van der Waals surface area contributed by atoms with E-state index in [9.17, 15) is 4.79 Å². The Kier molecular flexibility index (Phi) is 3.88. The average molecular weight is 365 g/mol. The zero-order valence-corrected chi connectivity index (χ0v) is 15.9. The van der Waals surface area contributed by atoms with Crippen LogP contribution in [0, 0.1) is 20.8 Å². The highest BCUT2D eigenvalue weighted by molar-refractivity contribution is 7.22. The first-order chi connectivity index (χ1) is 12.5. The van der Waals surface area contributed by atoms with Gasteiger partial charge in [-0.1, -0.05) is 23.5 Å². The van der Waals surface area contributed by atoms with E-state index in [2.05, 4.69) is 15.4 Å². The number of anilines is 1. The zero-order valence-electron chi connectivity index (χ0n) is 15.1. The van der Waals surface area contributed by atoms with Crippen LogP contribution in [0.3, 0.4) is 0 Å². The molecule has 0 atom stereocenters. The van der Waals surface area contributed by atoms with Gasteiger partial charge in [0.05, 0.1) is 16.4 Å². The fourth-order valence-electron chi connectivity index (χ4n) is 3.16. The van der Waals surface area contributed by atoms with Crippen molar-refractivity contribution in [3.05, 3.63) is 59.0 Å². The molecule has 0 aliphatic carbocycles. The Morgan fingerprint density at radius 2 is 1.85 bits per heavy atom. The lowest BCUT2D eigenvalue weighted by Gasteiger charge is -2.12. The second kappa shape index (κ2) is 6.10. The molecule has 1 aromatic carbocycles. The van der Waals surface area contributed by atoms with Crippen molar-refractivity contribution in [3.8, 4) is 5.82 Å². The molecular weight excluding hydrogens is 346 g/mol. The lowest BCUT2D eigenvalue weighted by atomic mass is 10.2. The van der Waals surface area contributed by atoms with Crippen molar-refractivity contribution in [2.24, 2.45) is 7.05 Å². The fourth-order valence-corrected chi connectivity index (χ4v) is 4.10. The first kappa shape index (κ1) is 16.5. The minimum atomic E-state index is -0.211. The zero-order chi connectivity index (χ0) is 18.4. The molecular formula is C19H19N5OS. The van der Waals surface area contributed by atoms with Crippen LogP contribution in [0.1, 0.15) is 27.3 Å². The van der Waals surface area contributed by atoms with Gasteiger partial charge in [0.2, 0.25) is 0 Å². The third-order valence-corrected chi connectivity index (χ3v) is 5.41. The average Bonchev–Trinajstić information content (AvgIpc) is 3.26. The Morgan fingerprint density at radius 1 is 1.12 bits per heavy atom. The number of aromatic nitrogens is 4. The Balaban J connectivity index is 1.72. The fraction of sp³-hybridized carbons (Fsp3) is 0.211. The number of carbonyl (C=O) groups excluding carboxylic acids is 1. The molecule has 132 valence electrons. The molecule has 4 aromatic rings.